The van der Waals surface area contributed by atoms with Gasteiger partial charge in [-0.25, -0.2) is 4.79 Å². The Morgan fingerprint density at radius 3 is 2.75 bits per heavy atom. The van der Waals surface area contributed by atoms with Crippen LogP contribution in [0.4, 0.5) is 0 Å². The van der Waals surface area contributed by atoms with E-state index >= 15 is 0 Å². The second-order valence-corrected chi connectivity index (χ2v) is 6.55. The molecule has 1 unspecified atom stereocenters. The molecular formula is C17H22N2O. The van der Waals surface area contributed by atoms with Gasteiger partial charge in [-0.15, -0.1) is 0 Å². The number of imidazole rings is 1. The van der Waals surface area contributed by atoms with Crippen molar-refractivity contribution >= 4 is 11.0 Å². The van der Waals surface area contributed by atoms with Crippen molar-refractivity contribution in [2.24, 2.45) is 0 Å². The molecule has 1 saturated carbocycles. The van der Waals surface area contributed by atoms with Crippen molar-refractivity contribution in [1.29, 1.82) is 0 Å². The molecule has 20 heavy (non-hydrogen) atoms. The molecule has 2 aromatic rings. The van der Waals surface area contributed by atoms with Gasteiger partial charge in [-0.3, -0.25) is 4.57 Å². The summed E-state index contributed by atoms with van der Waals surface area (Å²) in [5, 5.41) is 0. The van der Waals surface area contributed by atoms with E-state index in [1.54, 1.807) is 0 Å². The highest BCUT2D eigenvalue weighted by Crippen LogP contribution is 2.39. The van der Waals surface area contributed by atoms with E-state index in [0.29, 0.717) is 6.04 Å². The van der Waals surface area contributed by atoms with Crippen LogP contribution in [0.1, 0.15) is 68.5 Å². The third-order valence-corrected chi connectivity index (χ3v) is 5.32. The van der Waals surface area contributed by atoms with Crippen molar-refractivity contribution in [2.45, 2.75) is 63.8 Å². The van der Waals surface area contributed by atoms with Crippen molar-refractivity contribution in [2.75, 3.05) is 0 Å². The molecular weight excluding hydrogens is 248 g/mol. The van der Waals surface area contributed by atoms with E-state index in [2.05, 4.69) is 24.0 Å². The standard InChI is InChI=1S/C17H22N2O/c1-11-7-8-14-13(12-5-3-2-4-6-12)9-10-15-16(14)19(11)17(20)18-15/h9-12H,2-8H2,1H3,(H,18,20). The van der Waals surface area contributed by atoms with Gasteiger partial charge in [-0.1, -0.05) is 25.3 Å². The highest BCUT2D eigenvalue weighted by molar-refractivity contribution is 5.81. The molecule has 2 aliphatic rings. The SMILES string of the molecule is CC1CCc2c(C3CCCCC3)ccc3[nH]c(=O)n1c23. The van der Waals surface area contributed by atoms with E-state index in [9.17, 15) is 4.79 Å². The Morgan fingerprint density at radius 2 is 1.95 bits per heavy atom. The van der Waals surface area contributed by atoms with E-state index in [-0.39, 0.29) is 5.69 Å². The Bertz CT molecular complexity index is 704. The predicted octanol–water partition coefficient (Wildman–Crippen LogP) is 3.88. The first-order chi connectivity index (χ1) is 9.75. The van der Waals surface area contributed by atoms with Crippen LogP contribution in [0.3, 0.4) is 0 Å². The van der Waals surface area contributed by atoms with Crippen LogP contribution in [-0.4, -0.2) is 9.55 Å². The zero-order chi connectivity index (χ0) is 13.7. The van der Waals surface area contributed by atoms with E-state index in [4.69, 9.17) is 0 Å². The van der Waals surface area contributed by atoms with Gasteiger partial charge in [-0.2, -0.15) is 0 Å². The molecule has 1 atom stereocenters. The lowest BCUT2D eigenvalue weighted by Gasteiger charge is -2.28. The zero-order valence-electron chi connectivity index (χ0n) is 12.1. The van der Waals surface area contributed by atoms with Gasteiger partial charge in [0.05, 0.1) is 11.0 Å². The lowest BCUT2D eigenvalue weighted by molar-refractivity contribution is 0.436. The van der Waals surface area contributed by atoms with Crippen molar-refractivity contribution in [3.8, 4) is 0 Å². The van der Waals surface area contributed by atoms with Crippen molar-refractivity contribution in [3.63, 3.8) is 0 Å². The van der Waals surface area contributed by atoms with Crippen LogP contribution in [0.15, 0.2) is 16.9 Å². The van der Waals surface area contributed by atoms with Gasteiger partial charge in [0.2, 0.25) is 0 Å². The Balaban J connectivity index is 1.94. The number of benzene rings is 1. The average molecular weight is 270 g/mol. The smallest absolute Gasteiger partial charge is 0.306 e. The largest absolute Gasteiger partial charge is 0.326 e. The fourth-order valence-electron chi connectivity index (χ4n) is 4.27. The number of H-pyrrole nitrogens is 1. The van der Waals surface area contributed by atoms with Crippen LogP contribution >= 0.6 is 0 Å². The molecule has 1 N–H and O–H groups in total. The molecule has 0 radical (unpaired) electrons. The molecule has 0 saturated heterocycles. The number of aromatic nitrogens is 2. The second-order valence-electron chi connectivity index (χ2n) is 6.55. The Hall–Kier alpha value is -1.51. The van der Waals surface area contributed by atoms with Gasteiger partial charge in [0.1, 0.15) is 0 Å². The Morgan fingerprint density at radius 1 is 1.15 bits per heavy atom. The number of nitrogens with one attached hydrogen (secondary N) is 1. The summed E-state index contributed by atoms with van der Waals surface area (Å²) in [4.78, 5) is 15.2. The van der Waals surface area contributed by atoms with Gasteiger partial charge in [0, 0.05) is 6.04 Å². The maximum absolute atomic E-state index is 12.2. The molecule has 1 aliphatic carbocycles. The number of aromatic amines is 1. The summed E-state index contributed by atoms with van der Waals surface area (Å²) in [5.74, 6) is 0.718. The van der Waals surface area contributed by atoms with Gasteiger partial charge in [-0.05, 0) is 55.7 Å². The minimum Gasteiger partial charge on any atom is -0.306 e. The molecule has 3 nitrogen and oxygen atoms in total. The fourth-order valence-corrected chi connectivity index (χ4v) is 4.27. The molecule has 0 spiro atoms. The number of nitrogens with zero attached hydrogens (tertiary/aromatic N) is 1. The zero-order valence-corrected chi connectivity index (χ0v) is 12.1. The summed E-state index contributed by atoms with van der Waals surface area (Å²) in [5.41, 5.74) is 5.25. The van der Waals surface area contributed by atoms with Crippen molar-refractivity contribution in [1.82, 2.24) is 9.55 Å². The molecule has 3 heteroatoms. The lowest BCUT2D eigenvalue weighted by atomic mass is 9.80. The Labute approximate surface area is 119 Å². The van der Waals surface area contributed by atoms with Gasteiger partial charge in [0.25, 0.3) is 0 Å². The summed E-state index contributed by atoms with van der Waals surface area (Å²) in [7, 11) is 0. The average Bonchev–Trinajstić information content (AvgIpc) is 2.82. The number of aryl methyl sites for hydroxylation is 1. The molecule has 1 aliphatic heterocycles. The third-order valence-electron chi connectivity index (χ3n) is 5.32. The number of rotatable bonds is 1. The van der Waals surface area contributed by atoms with Crippen molar-refractivity contribution < 1.29 is 0 Å². The van der Waals surface area contributed by atoms with Crippen molar-refractivity contribution in [3.05, 3.63) is 33.7 Å². The van der Waals surface area contributed by atoms with Crippen LogP contribution in [0.5, 0.6) is 0 Å². The molecule has 0 amide bonds. The van der Waals surface area contributed by atoms with Crippen LogP contribution in [0, 0.1) is 0 Å². The minimum atomic E-state index is 0.0641. The van der Waals surface area contributed by atoms with Crippen LogP contribution < -0.4 is 5.69 Å². The third kappa shape index (κ3) is 1.68. The maximum atomic E-state index is 12.2. The first kappa shape index (κ1) is 12.2. The minimum absolute atomic E-state index is 0.0641. The molecule has 2 heterocycles. The highest BCUT2D eigenvalue weighted by Gasteiger charge is 2.26. The molecule has 106 valence electrons. The summed E-state index contributed by atoms with van der Waals surface area (Å²) in [6, 6.07) is 4.73. The fraction of sp³-hybridized carbons (Fsp3) is 0.588. The normalized spacial score (nSPS) is 23.4. The molecule has 4 rings (SSSR count). The summed E-state index contributed by atoms with van der Waals surface area (Å²) in [6.45, 7) is 2.16. The summed E-state index contributed by atoms with van der Waals surface area (Å²) in [6.07, 6.45) is 8.97. The van der Waals surface area contributed by atoms with E-state index in [0.717, 1.165) is 24.3 Å². The van der Waals surface area contributed by atoms with Crippen LogP contribution in [-0.2, 0) is 6.42 Å². The number of hydrogen-bond acceptors (Lipinski definition) is 1. The number of hydrogen-bond donors (Lipinski definition) is 1. The molecule has 0 bridgehead atoms. The monoisotopic (exact) mass is 270 g/mol. The van der Waals surface area contributed by atoms with Gasteiger partial charge >= 0.3 is 5.69 Å². The highest BCUT2D eigenvalue weighted by atomic mass is 16.1. The van der Waals surface area contributed by atoms with E-state index < -0.39 is 0 Å². The van der Waals surface area contributed by atoms with Crippen LogP contribution in [0.2, 0.25) is 0 Å². The molecule has 1 aromatic carbocycles. The summed E-state index contributed by atoms with van der Waals surface area (Å²) >= 11 is 0. The van der Waals surface area contributed by atoms with Gasteiger partial charge < -0.3 is 4.98 Å². The first-order valence-corrected chi connectivity index (χ1v) is 8.01. The second kappa shape index (κ2) is 4.51. The summed E-state index contributed by atoms with van der Waals surface area (Å²) < 4.78 is 1.99. The predicted molar refractivity (Wildman–Crippen MR) is 81.4 cm³/mol. The van der Waals surface area contributed by atoms with Gasteiger partial charge in [0.15, 0.2) is 0 Å². The van der Waals surface area contributed by atoms with Crippen LogP contribution in [0.25, 0.3) is 11.0 Å². The lowest BCUT2D eigenvalue weighted by Crippen LogP contribution is -2.24. The van der Waals surface area contributed by atoms with E-state index in [1.807, 2.05) is 4.57 Å². The maximum Gasteiger partial charge on any atom is 0.326 e. The quantitative estimate of drug-likeness (QED) is 0.839. The molecule has 1 fully saturated rings. The topological polar surface area (TPSA) is 37.8 Å². The van der Waals surface area contributed by atoms with E-state index in [1.165, 1.54) is 48.7 Å². The Kier molecular flexibility index (Phi) is 2.76. The first-order valence-electron chi connectivity index (χ1n) is 8.01. The molecule has 1 aromatic heterocycles.